The number of thioether (sulfide) groups is 1. The van der Waals surface area contributed by atoms with Crippen LogP contribution in [0.1, 0.15) is 40.0 Å². The molecule has 15 heavy (non-hydrogen) atoms. The molecule has 0 aromatic rings. The summed E-state index contributed by atoms with van der Waals surface area (Å²) in [7, 11) is 0. The zero-order valence-electron chi connectivity index (χ0n) is 10.6. The lowest BCUT2D eigenvalue weighted by Crippen LogP contribution is -2.31. The van der Waals surface area contributed by atoms with Gasteiger partial charge in [-0.1, -0.05) is 33.3 Å². The van der Waals surface area contributed by atoms with E-state index in [4.69, 9.17) is 0 Å². The predicted molar refractivity (Wildman–Crippen MR) is 73.7 cm³/mol. The minimum absolute atomic E-state index is 0.712. The van der Waals surface area contributed by atoms with Crippen molar-refractivity contribution in [2.75, 3.05) is 18.1 Å². The molecule has 2 unspecified atom stereocenters. The average Bonchev–Trinajstić information content (AvgIpc) is 2.26. The van der Waals surface area contributed by atoms with E-state index in [1.54, 1.807) is 0 Å². The lowest BCUT2D eigenvalue weighted by atomic mass is 9.98. The molecule has 90 valence electrons. The lowest BCUT2D eigenvalue weighted by molar-refractivity contribution is 0.392. The summed E-state index contributed by atoms with van der Waals surface area (Å²) in [6.45, 7) is 11.7. The van der Waals surface area contributed by atoms with Gasteiger partial charge in [0.25, 0.3) is 0 Å². The van der Waals surface area contributed by atoms with Gasteiger partial charge in [-0.05, 0) is 18.8 Å². The first-order chi connectivity index (χ1) is 7.24. The zero-order valence-corrected chi connectivity index (χ0v) is 11.4. The van der Waals surface area contributed by atoms with E-state index >= 15 is 0 Å². The highest BCUT2D eigenvalue weighted by molar-refractivity contribution is 7.99. The molecule has 2 atom stereocenters. The van der Waals surface area contributed by atoms with Crippen molar-refractivity contribution in [1.29, 1.82) is 0 Å². The summed E-state index contributed by atoms with van der Waals surface area (Å²) in [6.07, 6.45) is 5.83. The van der Waals surface area contributed by atoms with Crippen LogP contribution in [0.3, 0.4) is 0 Å². The van der Waals surface area contributed by atoms with E-state index in [-0.39, 0.29) is 0 Å². The monoisotopic (exact) mass is 229 g/mol. The SMILES string of the molecule is C=CCSCCNC(CC)CC(C)CC. The van der Waals surface area contributed by atoms with E-state index in [9.17, 15) is 0 Å². The van der Waals surface area contributed by atoms with E-state index in [2.05, 4.69) is 32.7 Å². The number of hydrogen-bond acceptors (Lipinski definition) is 2. The standard InChI is InChI=1S/C13H27NS/c1-5-9-15-10-8-14-13(7-3)11-12(4)6-2/h5,12-14H,1,6-11H2,2-4H3. The van der Waals surface area contributed by atoms with Crippen LogP contribution in [0.15, 0.2) is 12.7 Å². The summed E-state index contributed by atoms with van der Waals surface area (Å²) in [4.78, 5) is 0. The van der Waals surface area contributed by atoms with Crippen LogP contribution in [0.2, 0.25) is 0 Å². The normalized spacial score (nSPS) is 14.9. The highest BCUT2D eigenvalue weighted by Crippen LogP contribution is 2.11. The molecule has 0 spiro atoms. The average molecular weight is 229 g/mol. The molecule has 0 heterocycles. The molecule has 2 heteroatoms. The fraction of sp³-hybridized carbons (Fsp3) is 0.846. The Morgan fingerprint density at radius 1 is 1.33 bits per heavy atom. The Bertz CT molecular complexity index is 147. The van der Waals surface area contributed by atoms with Gasteiger partial charge in [0, 0.05) is 24.1 Å². The maximum Gasteiger partial charge on any atom is 0.0111 e. The molecule has 0 bridgehead atoms. The second-order valence-electron chi connectivity index (χ2n) is 4.17. The van der Waals surface area contributed by atoms with Crippen LogP contribution in [0.5, 0.6) is 0 Å². The molecule has 0 fully saturated rings. The quantitative estimate of drug-likeness (QED) is 0.453. The second kappa shape index (κ2) is 10.6. The Hall–Kier alpha value is 0.0500. The largest absolute Gasteiger partial charge is 0.313 e. The van der Waals surface area contributed by atoms with Gasteiger partial charge in [-0.3, -0.25) is 0 Å². The summed E-state index contributed by atoms with van der Waals surface area (Å²) in [6, 6.07) is 0.712. The van der Waals surface area contributed by atoms with E-state index in [0.717, 1.165) is 18.2 Å². The third-order valence-corrected chi connectivity index (χ3v) is 3.76. The van der Waals surface area contributed by atoms with Crippen molar-refractivity contribution in [3.8, 4) is 0 Å². The zero-order chi connectivity index (χ0) is 11.5. The highest BCUT2D eigenvalue weighted by Gasteiger charge is 2.08. The predicted octanol–water partition coefficient (Wildman–Crippen LogP) is 3.71. The summed E-state index contributed by atoms with van der Waals surface area (Å²) < 4.78 is 0. The molecule has 0 radical (unpaired) electrons. The van der Waals surface area contributed by atoms with Crippen molar-refractivity contribution >= 4 is 11.8 Å². The summed E-state index contributed by atoms with van der Waals surface area (Å²) in [5.41, 5.74) is 0. The maximum absolute atomic E-state index is 3.72. The van der Waals surface area contributed by atoms with Crippen LogP contribution in [0, 0.1) is 5.92 Å². The molecule has 0 saturated heterocycles. The third-order valence-electron chi connectivity index (χ3n) is 2.79. The highest BCUT2D eigenvalue weighted by atomic mass is 32.2. The Labute approximate surface area is 100 Å². The van der Waals surface area contributed by atoms with E-state index in [0.29, 0.717) is 6.04 Å². The Balaban J connectivity index is 3.47. The van der Waals surface area contributed by atoms with Gasteiger partial charge in [0.2, 0.25) is 0 Å². The van der Waals surface area contributed by atoms with Gasteiger partial charge in [0.1, 0.15) is 0 Å². The molecule has 1 nitrogen and oxygen atoms in total. The van der Waals surface area contributed by atoms with Gasteiger partial charge in [0.05, 0.1) is 0 Å². The minimum Gasteiger partial charge on any atom is -0.313 e. The summed E-state index contributed by atoms with van der Waals surface area (Å²) >= 11 is 1.95. The summed E-state index contributed by atoms with van der Waals surface area (Å²) in [5, 5.41) is 3.64. The molecule has 0 aliphatic rings. The Kier molecular flexibility index (Phi) is 10.6. The van der Waals surface area contributed by atoms with E-state index in [1.165, 1.54) is 25.0 Å². The van der Waals surface area contributed by atoms with Gasteiger partial charge < -0.3 is 5.32 Å². The van der Waals surface area contributed by atoms with Crippen LogP contribution in [-0.2, 0) is 0 Å². The molecule has 0 saturated carbocycles. The maximum atomic E-state index is 3.72. The molecule has 0 aliphatic heterocycles. The minimum atomic E-state index is 0.712. The van der Waals surface area contributed by atoms with Gasteiger partial charge in [-0.25, -0.2) is 0 Å². The Morgan fingerprint density at radius 2 is 2.07 bits per heavy atom. The van der Waals surface area contributed by atoms with Gasteiger partial charge in [-0.2, -0.15) is 11.8 Å². The van der Waals surface area contributed by atoms with Crippen molar-refractivity contribution in [2.45, 2.75) is 46.1 Å². The molecule has 1 N–H and O–H groups in total. The first-order valence-corrected chi connectivity index (χ1v) is 7.32. The van der Waals surface area contributed by atoms with Gasteiger partial charge in [0.15, 0.2) is 0 Å². The first-order valence-electron chi connectivity index (χ1n) is 6.16. The fourth-order valence-corrected chi connectivity index (χ4v) is 2.14. The van der Waals surface area contributed by atoms with Crippen LogP contribution >= 0.6 is 11.8 Å². The Morgan fingerprint density at radius 3 is 2.60 bits per heavy atom. The molecule has 0 aromatic carbocycles. The molecule has 0 amide bonds. The molecule has 0 aliphatic carbocycles. The lowest BCUT2D eigenvalue weighted by Gasteiger charge is -2.20. The van der Waals surface area contributed by atoms with Crippen LogP contribution in [0.25, 0.3) is 0 Å². The number of rotatable bonds is 10. The van der Waals surface area contributed by atoms with Crippen LogP contribution < -0.4 is 5.32 Å². The molecule has 0 rings (SSSR count). The van der Waals surface area contributed by atoms with Crippen LogP contribution in [-0.4, -0.2) is 24.1 Å². The fourth-order valence-electron chi connectivity index (χ4n) is 1.55. The topological polar surface area (TPSA) is 12.0 Å². The molecular weight excluding hydrogens is 202 g/mol. The van der Waals surface area contributed by atoms with Crippen molar-refractivity contribution in [1.82, 2.24) is 5.32 Å². The first kappa shape index (κ1) is 15.0. The van der Waals surface area contributed by atoms with Crippen molar-refractivity contribution < 1.29 is 0 Å². The number of nitrogens with one attached hydrogen (secondary N) is 1. The van der Waals surface area contributed by atoms with Crippen molar-refractivity contribution in [3.05, 3.63) is 12.7 Å². The van der Waals surface area contributed by atoms with Gasteiger partial charge >= 0.3 is 0 Å². The van der Waals surface area contributed by atoms with E-state index < -0.39 is 0 Å². The van der Waals surface area contributed by atoms with Gasteiger partial charge in [-0.15, -0.1) is 6.58 Å². The third kappa shape index (κ3) is 9.01. The molecule has 0 aromatic heterocycles. The van der Waals surface area contributed by atoms with Crippen LogP contribution in [0.4, 0.5) is 0 Å². The summed E-state index contributed by atoms with van der Waals surface area (Å²) in [5.74, 6) is 3.12. The van der Waals surface area contributed by atoms with Crippen molar-refractivity contribution in [2.24, 2.45) is 5.92 Å². The van der Waals surface area contributed by atoms with E-state index in [1.807, 2.05) is 17.8 Å². The van der Waals surface area contributed by atoms with Crippen molar-refractivity contribution in [3.63, 3.8) is 0 Å². The number of hydrogen-bond donors (Lipinski definition) is 1. The molecular formula is C13H27NS. The second-order valence-corrected chi connectivity index (χ2v) is 5.32. The smallest absolute Gasteiger partial charge is 0.0111 e.